The van der Waals surface area contributed by atoms with E-state index in [4.69, 9.17) is 16.3 Å². The van der Waals surface area contributed by atoms with Gasteiger partial charge in [-0.1, -0.05) is 23.7 Å². The number of esters is 1. The molecule has 2 aromatic rings. The molecule has 104 valence electrons. The van der Waals surface area contributed by atoms with E-state index >= 15 is 0 Å². The maximum atomic E-state index is 12.1. The van der Waals surface area contributed by atoms with Crippen molar-refractivity contribution in [3.63, 3.8) is 0 Å². The van der Waals surface area contributed by atoms with Crippen LogP contribution in [0, 0.1) is 0 Å². The van der Waals surface area contributed by atoms with Gasteiger partial charge >= 0.3 is 5.97 Å². The van der Waals surface area contributed by atoms with Gasteiger partial charge in [-0.2, -0.15) is 0 Å². The van der Waals surface area contributed by atoms with E-state index in [-0.39, 0.29) is 0 Å². The largest absolute Gasteiger partial charge is 0.462 e. The molecular weight excluding hydrogens is 276 g/mol. The highest BCUT2D eigenvalue weighted by Crippen LogP contribution is 2.20. The van der Waals surface area contributed by atoms with E-state index in [1.807, 2.05) is 19.2 Å². The Morgan fingerprint density at radius 2 is 2.30 bits per heavy atom. The molecule has 0 aliphatic heterocycles. The van der Waals surface area contributed by atoms with E-state index in [1.165, 1.54) is 0 Å². The fourth-order valence-electron chi connectivity index (χ4n) is 1.81. The van der Waals surface area contributed by atoms with Gasteiger partial charge in [0, 0.05) is 24.5 Å². The van der Waals surface area contributed by atoms with Crippen LogP contribution < -0.4 is 0 Å². The van der Waals surface area contributed by atoms with Crippen LogP contribution in [0.2, 0.25) is 5.02 Å². The van der Waals surface area contributed by atoms with Crippen LogP contribution in [0.1, 0.15) is 18.3 Å². The third kappa shape index (κ3) is 3.27. The van der Waals surface area contributed by atoms with E-state index in [0.29, 0.717) is 23.0 Å². The van der Waals surface area contributed by atoms with Crippen LogP contribution in [0.3, 0.4) is 0 Å². The van der Waals surface area contributed by atoms with Gasteiger partial charge in [-0.25, -0.2) is 9.78 Å². The third-order valence-electron chi connectivity index (χ3n) is 2.72. The van der Waals surface area contributed by atoms with Crippen LogP contribution in [0.15, 0.2) is 36.7 Å². The number of aromatic nitrogens is 2. The highest BCUT2D eigenvalue weighted by Gasteiger charge is 2.17. The summed E-state index contributed by atoms with van der Waals surface area (Å²) in [6.07, 6.45) is 5.15. The Hall–Kier alpha value is -2.07. The van der Waals surface area contributed by atoms with Gasteiger partial charge in [0.2, 0.25) is 0 Å². The van der Waals surface area contributed by atoms with Crippen molar-refractivity contribution in [2.24, 2.45) is 7.05 Å². The fourth-order valence-corrected chi connectivity index (χ4v) is 2.01. The lowest BCUT2D eigenvalue weighted by Crippen LogP contribution is -2.10. The molecule has 0 bridgehead atoms. The van der Waals surface area contributed by atoms with Crippen molar-refractivity contribution in [1.82, 2.24) is 9.55 Å². The Morgan fingerprint density at radius 3 is 2.90 bits per heavy atom. The Morgan fingerprint density at radius 1 is 1.50 bits per heavy atom. The van der Waals surface area contributed by atoms with Crippen LogP contribution in [0.25, 0.3) is 11.6 Å². The smallest absolute Gasteiger partial charge is 0.341 e. The highest BCUT2D eigenvalue weighted by atomic mass is 35.5. The van der Waals surface area contributed by atoms with E-state index in [0.717, 1.165) is 5.56 Å². The fraction of sp³-hybridized carbons (Fsp3) is 0.200. The quantitative estimate of drug-likeness (QED) is 0.642. The first-order valence-electron chi connectivity index (χ1n) is 6.24. The average molecular weight is 291 g/mol. The second kappa shape index (κ2) is 6.39. The predicted octanol–water partition coefficient (Wildman–Crippen LogP) is 3.18. The Labute approximate surface area is 122 Å². The summed E-state index contributed by atoms with van der Waals surface area (Å²) in [7, 11) is 1.83. The molecule has 2 rings (SSSR count). The summed E-state index contributed by atoms with van der Waals surface area (Å²) in [5.41, 5.74) is 1.23. The molecule has 4 nitrogen and oxygen atoms in total. The van der Waals surface area contributed by atoms with Crippen molar-refractivity contribution in [1.29, 1.82) is 0 Å². The Balaban J connectivity index is 2.46. The van der Waals surface area contributed by atoms with E-state index in [9.17, 15) is 4.79 Å². The first kappa shape index (κ1) is 14.3. The number of halogens is 1. The monoisotopic (exact) mass is 290 g/mol. The number of aryl methyl sites for hydroxylation is 1. The second-order valence-electron chi connectivity index (χ2n) is 4.20. The molecule has 0 amide bonds. The van der Waals surface area contributed by atoms with Gasteiger partial charge in [-0.05, 0) is 30.7 Å². The standard InChI is InChI=1S/C15H15ClN2O2/c1-3-20-15(19)13(14-17-7-8-18(14)2)10-11-5-4-6-12(16)9-11/h4-10H,3H2,1-2H3/b13-10+. The first-order chi connectivity index (χ1) is 9.61. The molecule has 0 atom stereocenters. The van der Waals surface area contributed by atoms with Gasteiger partial charge in [0.25, 0.3) is 0 Å². The summed E-state index contributed by atoms with van der Waals surface area (Å²) in [6.45, 7) is 2.09. The van der Waals surface area contributed by atoms with Crippen molar-refractivity contribution in [3.05, 3.63) is 53.1 Å². The van der Waals surface area contributed by atoms with Crippen molar-refractivity contribution < 1.29 is 9.53 Å². The molecule has 0 N–H and O–H groups in total. The van der Waals surface area contributed by atoms with Crippen LogP contribution in [-0.2, 0) is 16.6 Å². The number of carbonyl (C=O) groups is 1. The molecule has 0 saturated heterocycles. The van der Waals surface area contributed by atoms with E-state index in [2.05, 4.69) is 4.98 Å². The number of ether oxygens (including phenoxy) is 1. The number of rotatable bonds is 4. The van der Waals surface area contributed by atoms with Gasteiger partial charge in [0.15, 0.2) is 0 Å². The number of hydrogen-bond donors (Lipinski definition) is 0. The number of hydrogen-bond acceptors (Lipinski definition) is 3. The molecule has 20 heavy (non-hydrogen) atoms. The summed E-state index contributed by atoms with van der Waals surface area (Å²) < 4.78 is 6.86. The lowest BCUT2D eigenvalue weighted by atomic mass is 10.1. The molecule has 0 saturated carbocycles. The summed E-state index contributed by atoms with van der Waals surface area (Å²) >= 11 is 5.96. The second-order valence-corrected chi connectivity index (χ2v) is 4.63. The van der Waals surface area contributed by atoms with Gasteiger partial charge in [-0.3, -0.25) is 0 Å². The minimum absolute atomic E-state index is 0.316. The Bertz CT molecular complexity index is 647. The zero-order chi connectivity index (χ0) is 14.5. The van der Waals surface area contributed by atoms with Crippen molar-refractivity contribution in [2.45, 2.75) is 6.92 Å². The molecule has 0 spiro atoms. The van der Waals surface area contributed by atoms with Gasteiger partial charge in [-0.15, -0.1) is 0 Å². The highest BCUT2D eigenvalue weighted by molar-refractivity contribution is 6.30. The van der Waals surface area contributed by atoms with E-state index in [1.54, 1.807) is 42.1 Å². The molecule has 0 fully saturated rings. The molecular formula is C15H15ClN2O2. The lowest BCUT2D eigenvalue weighted by molar-refractivity contribution is -0.136. The molecule has 5 heteroatoms. The van der Waals surface area contributed by atoms with Gasteiger partial charge in [0.05, 0.1) is 6.61 Å². The summed E-state index contributed by atoms with van der Waals surface area (Å²) in [6, 6.07) is 7.26. The van der Waals surface area contributed by atoms with Crippen molar-refractivity contribution in [3.8, 4) is 0 Å². The maximum Gasteiger partial charge on any atom is 0.341 e. The van der Waals surface area contributed by atoms with Gasteiger partial charge < -0.3 is 9.30 Å². The summed E-state index contributed by atoms with van der Waals surface area (Å²) in [5.74, 6) is 0.158. The number of benzene rings is 1. The van der Waals surface area contributed by atoms with Crippen LogP contribution in [-0.4, -0.2) is 22.1 Å². The van der Waals surface area contributed by atoms with Gasteiger partial charge in [0.1, 0.15) is 11.4 Å². The molecule has 0 aliphatic rings. The minimum atomic E-state index is -0.401. The zero-order valence-corrected chi connectivity index (χ0v) is 12.1. The zero-order valence-electron chi connectivity index (χ0n) is 11.3. The number of nitrogens with zero attached hydrogens (tertiary/aromatic N) is 2. The average Bonchev–Trinajstić information content (AvgIpc) is 2.82. The topological polar surface area (TPSA) is 44.1 Å². The van der Waals surface area contributed by atoms with Crippen LogP contribution >= 0.6 is 11.6 Å². The predicted molar refractivity (Wildman–Crippen MR) is 79.2 cm³/mol. The van der Waals surface area contributed by atoms with Crippen LogP contribution in [0.5, 0.6) is 0 Å². The molecule has 1 heterocycles. The molecule has 1 aromatic heterocycles. The molecule has 0 radical (unpaired) electrons. The molecule has 0 aliphatic carbocycles. The van der Waals surface area contributed by atoms with E-state index < -0.39 is 5.97 Å². The third-order valence-corrected chi connectivity index (χ3v) is 2.95. The molecule has 0 unspecified atom stereocenters. The SMILES string of the molecule is CCOC(=O)/C(=C/c1cccc(Cl)c1)c1nccn1C. The number of imidazole rings is 1. The Kier molecular flexibility index (Phi) is 4.58. The van der Waals surface area contributed by atoms with Crippen LogP contribution in [0.4, 0.5) is 0 Å². The summed E-state index contributed by atoms with van der Waals surface area (Å²) in [4.78, 5) is 16.3. The van der Waals surface area contributed by atoms with Crippen molar-refractivity contribution >= 4 is 29.2 Å². The summed E-state index contributed by atoms with van der Waals surface area (Å²) in [5, 5.41) is 0.613. The van der Waals surface area contributed by atoms with Crippen molar-refractivity contribution in [2.75, 3.05) is 6.61 Å². The maximum absolute atomic E-state index is 12.1. The number of carbonyl (C=O) groups excluding carboxylic acids is 1. The first-order valence-corrected chi connectivity index (χ1v) is 6.61. The minimum Gasteiger partial charge on any atom is -0.462 e. The normalized spacial score (nSPS) is 11.4. The lowest BCUT2D eigenvalue weighted by Gasteiger charge is -2.07. The molecule has 1 aromatic carbocycles.